The van der Waals surface area contributed by atoms with Gasteiger partial charge in [-0.25, -0.2) is 4.79 Å². The molecule has 0 radical (unpaired) electrons. The van der Waals surface area contributed by atoms with Crippen LogP contribution in [0.2, 0.25) is 0 Å². The molecule has 2 aromatic carbocycles. The minimum absolute atomic E-state index is 0.0166. The molecule has 0 unspecified atom stereocenters. The van der Waals surface area contributed by atoms with Gasteiger partial charge >= 0.3 is 5.69 Å². The zero-order valence-electron chi connectivity index (χ0n) is 20.2. The summed E-state index contributed by atoms with van der Waals surface area (Å²) < 4.78 is 7.09. The van der Waals surface area contributed by atoms with Crippen molar-refractivity contribution < 1.29 is 14.3 Å². The Kier molecular flexibility index (Phi) is 7.55. The number of anilines is 1. The number of aryl methyl sites for hydroxylation is 1. The zero-order valence-corrected chi connectivity index (χ0v) is 20.2. The van der Waals surface area contributed by atoms with Crippen molar-refractivity contribution in [2.45, 2.75) is 45.1 Å². The molecule has 4 rings (SSSR count). The van der Waals surface area contributed by atoms with Gasteiger partial charge in [0, 0.05) is 30.3 Å². The number of para-hydroxylation sites is 1. The summed E-state index contributed by atoms with van der Waals surface area (Å²) in [4.78, 5) is 41.3. The maximum atomic E-state index is 12.9. The van der Waals surface area contributed by atoms with Crippen molar-refractivity contribution in [3.63, 3.8) is 0 Å². The summed E-state index contributed by atoms with van der Waals surface area (Å²) in [5.41, 5.74) is 8.67. The molecule has 1 aliphatic rings. The average molecular weight is 480 g/mol. The van der Waals surface area contributed by atoms with E-state index in [-0.39, 0.29) is 29.5 Å². The van der Waals surface area contributed by atoms with Crippen LogP contribution in [0.15, 0.2) is 41.2 Å². The molecule has 9 heteroatoms. The third-order valence-electron chi connectivity index (χ3n) is 6.77. The molecule has 0 saturated heterocycles. The van der Waals surface area contributed by atoms with Crippen molar-refractivity contribution in [2.24, 2.45) is 11.7 Å². The Hall–Kier alpha value is -3.59. The highest BCUT2D eigenvalue weighted by molar-refractivity contribution is 6.04. The second-order valence-corrected chi connectivity index (χ2v) is 9.08. The first kappa shape index (κ1) is 24.5. The number of hydrogen-bond acceptors (Lipinski definition) is 5. The Bertz CT molecular complexity index is 1270. The van der Waals surface area contributed by atoms with Gasteiger partial charge in [-0.2, -0.15) is 0 Å². The number of nitrogens with zero attached hydrogens (tertiary/aromatic N) is 1. The normalized spacial score (nSPS) is 17.8. The molecule has 3 aromatic rings. The SMILES string of the molecule is COc1cc(NC(=O)C2CCC(n3c(=O)[nH]c4c(C(=O)NCCCN)cccc43)CC2)ccc1C. The first-order valence-corrected chi connectivity index (χ1v) is 12.1. The van der Waals surface area contributed by atoms with Gasteiger partial charge in [0.15, 0.2) is 0 Å². The number of aromatic nitrogens is 2. The summed E-state index contributed by atoms with van der Waals surface area (Å²) in [6, 6.07) is 10.9. The Balaban J connectivity index is 1.45. The lowest BCUT2D eigenvalue weighted by Gasteiger charge is -2.28. The van der Waals surface area contributed by atoms with Gasteiger partial charge in [0.05, 0.1) is 23.7 Å². The van der Waals surface area contributed by atoms with E-state index in [1.54, 1.807) is 23.8 Å². The molecule has 9 nitrogen and oxygen atoms in total. The van der Waals surface area contributed by atoms with Crippen molar-refractivity contribution in [1.29, 1.82) is 0 Å². The summed E-state index contributed by atoms with van der Waals surface area (Å²) in [7, 11) is 1.61. The molecular weight excluding hydrogens is 446 g/mol. The first-order valence-electron chi connectivity index (χ1n) is 12.1. The number of nitrogens with two attached hydrogens (primary N) is 1. The molecule has 0 spiro atoms. The van der Waals surface area contributed by atoms with E-state index in [0.717, 1.165) is 11.3 Å². The van der Waals surface area contributed by atoms with Gasteiger partial charge in [-0.1, -0.05) is 12.1 Å². The molecule has 1 aliphatic carbocycles. The molecule has 0 aliphatic heterocycles. The molecule has 1 fully saturated rings. The van der Waals surface area contributed by atoms with E-state index in [0.29, 0.717) is 67.5 Å². The fourth-order valence-corrected chi connectivity index (χ4v) is 4.84. The molecule has 1 saturated carbocycles. The maximum Gasteiger partial charge on any atom is 0.326 e. The molecule has 186 valence electrons. The van der Waals surface area contributed by atoms with Crippen LogP contribution >= 0.6 is 0 Å². The maximum absolute atomic E-state index is 12.9. The lowest BCUT2D eigenvalue weighted by molar-refractivity contribution is -0.121. The van der Waals surface area contributed by atoms with E-state index in [2.05, 4.69) is 15.6 Å². The predicted octanol–water partition coefficient (Wildman–Crippen LogP) is 3.10. The van der Waals surface area contributed by atoms with Gasteiger partial charge in [0.25, 0.3) is 5.91 Å². The fourth-order valence-electron chi connectivity index (χ4n) is 4.84. The zero-order chi connectivity index (χ0) is 24.9. The minimum Gasteiger partial charge on any atom is -0.496 e. The lowest BCUT2D eigenvalue weighted by Crippen LogP contribution is -2.31. The first-order chi connectivity index (χ1) is 16.9. The molecule has 0 bridgehead atoms. The van der Waals surface area contributed by atoms with Gasteiger partial charge < -0.3 is 26.1 Å². The van der Waals surface area contributed by atoms with E-state index < -0.39 is 0 Å². The van der Waals surface area contributed by atoms with Crippen molar-refractivity contribution in [2.75, 3.05) is 25.5 Å². The van der Waals surface area contributed by atoms with E-state index in [1.807, 2.05) is 31.2 Å². The number of nitrogens with one attached hydrogen (secondary N) is 3. The van der Waals surface area contributed by atoms with E-state index >= 15 is 0 Å². The number of H-pyrrole nitrogens is 1. The number of imidazole rings is 1. The van der Waals surface area contributed by atoms with Crippen molar-refractivity contribution in [3.05, 3.63) is 58.0 Å². The number of hydrogen-bond donors (Lipinski definition) is 4. The van der Waals surface area contributed by atoms with Crippen LogP contribution in [0, 0.1) is 12.8 Å². The number of aromatic amines is 1. The van der Waals surface area contributed by atoms with Crippen molar-refractivity contribution in [1.82, 2.24) is 14.9 Å². The Labute approximate surface area is 204 Å². The van der Waals surface area contributed by atoms with Crippen molar-refractivity contribution in [3.8, 4) is 5.75 Å². The van der Waals surface area contributed by atoms with Crippen LogP contribution in [0.3, 0.4) is 0 Å². The third-order valence-corrected chi connectivity index (χ3v) is 6.77. The van der Waals surface area contributed by atoms with Crippen LogP contribution in [0.1, 0.15) is 54.1 Å². The van der Waals surface area contributed by atoms with E-state index in [4.69, 9.17) is 10.5 Å². The molecule has 0 atom stereocenters. The number of fused-ring (bicyclic) bond motifs is 1. The molecule has 5 N–H and O–H groups in total. The minimum atomic E-state index is -0.234. The number of carbonyl (C=O) groups is 2. The van der Waals surface area contributed by atoms with Crippen LogP contribution in [0.25, 0.3) is 11.0 Å². The lowest BCUT2D eigenvalue weighted by atomic mass is 9.85. The van der Waals surface area contributed by atoms with Gasteiger partial charge in [0.2, 0.25) is 5.91 Å². The van der Waals surface area contributed by atoms with Crippen molar-refractivity contribution >= 4 is 28.5 Å². The highest BCUT2D eigenvalue weighted by Gasteiger charge is 2.29. The molecule has 35 heavy (non-hydrogen) atoms. The summed E-state index contributed by atoms with van der Waals surface area (Å²) in [6.07, 6.45) is 3.45. The average Bonchev–Trinajstić information content (AvgIpc) is 3.21. The Morgan fingerprint density at radius 2 is 1.94 bits per heavy atom. The Morgan fingerprint density at radius 3 is 2.66 bits per heavy atom. The fraction of sp³-hybridized carbons (Fsp3) is 0.423. The number of methoxy groups -OCH3 is 1. The van der Waals surface area contributed by atoms with E-state index in [1.165, 1.54) is 0 Å². The highest BCUT2D eigenvalue weighted by Crippen LogP contribution is 2.34. The number of carbonyl (C=O) groups excluding carboxylic acids is 2. The highest BCUT2D eigenvalue weighted by atomic mass is 16.5. The number of amides is 2. The predicted molar refractivity (Wildman–Crippen MR) is 136 cm³/mol. The monoisotopic (exact) mass is 479 g/mol. The molecule has 1 aromatic heterocycles. The summed E-state index contributed by atoms with van der Waals surface area (Å²) in [5, 5.41) is 5.85. The van der Waals surface area contributed by atoms with Crippen LogP contribution in [-0.2, 0) is 4.79 Å². The summed E-state index contributed by atoms with van der Waals surface area (Å²) in [5.74, 6) is 0.364. The number of rotatable bonds is 8. The molecule has 2 amide bonds. The van der Waals surface area contributed by atoms with Gasteiger partial charge in [-0.05, 0) is 69.3 Å². The summed E-state index contributed by atoms with van der Waals surface area (Å²) in [6.45, 7) is 2.94. The number of ether oxygens (including phenoxy) is 1. The smallest absolute Gasteiger partial charge is 0.326 e. The molecular formula is C26H33N5O4. The molecule has 1 heterocycles. The van der Waals surface area contributed by atoms with Crippen LogP contribution in [0.5, 0.6) is 5.75 Å². The quantitative estimate of drug-likeness (QED) is 0.369. The topological polar surface area (TPSA) is 131 Å². The van der Waals surface area contributed by atoms with Crippen LogP contribution in [-0.4, -0.2) is 41.6 Å². The third kappa shape index (κ3) is 5.24. The van der Waals surface area contributed by atoms with Crippen LogP contribution in [0.4, 0.5) is 5.69 Å². The van der Waals surface area contributed by atoms with Gasteiger partial charge in [0.1, 0.15) is 5.75 Å². The van der Waals surface area contributed by atoms with Crippen LogP contribution < -0.4 is 26.8 Å². The summed E-state index contributed by atoms with van der Waals surface area (Å²) >= 11 is 0. The van der Waals surface area contributed by atoms with Gasteiger partial charge in [-0.3, -0.25) is 14.2 Å². The second-order valence-electron chi connectivity index (χ2n) is 9.08. The number of benzene rings is 2. The largest absolute Gasteiger partial charge is 0.496 e. The second kappa shape index (κ2) is 10.8. The standard InChI is InChI=1S/C26H33N5O4/c1-16-7-10-18(15-22(16)35-2)29-24(32)17-8-11-19(12-9-17)31-21-6-3-5-20(23(21)30-26(31)34)25(33)28-14-4-13-27/h3,5-7,10,15,17,19H,4,8-9,11-14,27H2,1-2H3,(H,28,33)(H,29,32)(H,30,34). The van der Waals surface area contributed by atoms with Gasteiger partial charge in [-0.15, -0.1) is 0 Å². The Morgan fingerprint density at radius 1 is 1.17 bits per heavy atom. The van der Waals surface area contributed by atoms with E-state index in [9.17, 15) is 14.4 Å².